The first-order chi connectivity index (χ1) is 12.8. The number of rotatable bonds is 4. The zero-order chi connectivity index (χ0) is 17.8. The number of halogens is 1. The maximum absolute atomic E-state index is 5.63. The molecule has 2 fully saturated rings. The van der Waals surface area contributed by atoms with E-state index in [2.05, 4.69) is 22.1 Å². The molecule has 0 atom stereocenters. The molecule has 1 aliphatic heterocycles. The summed E-state index contributed by atoms with van der Waals surface area (Å²) in [6.45, 7) is 5.81. The van der Waals surface area contributed by atoms with E-state index in [1.54, 1.807) is 6.26 Å². The molecule has 1 aromatic carbocycles. The first-order valence-electron chi connectivity index (χ1n) is 9.81. The standard InChI is InChI=1S/C21H28N4O.HI/c1-2-22-20(25-13-12-21(16-25)10-6-7-11-21)23-14-18-15-26-19(24-18)17-8-4-3-5-9-17;/h3-5,8-9,15H,2,6-7,10-14,16H2,1H3,(H,22,23);1H. The van der Waals surface area contributed by atoms with Crippen LogP contribution in [0.4, 0.5) is 0 Å². The van der Waals surface area contributed by atoms with Crippen LogP contribution in [0.5, 0.6) is 0 Å². The number of guanidine groups is 1. The first-order valence-corrected chi connectivity index (χ1v) is 9.81. The highest BCUT2D eigenvalue weighted by molar-refractivity contribution is 14.0. The van der Waals surface area contributed by atoms with Gasteiger partial charge in [0.05, 0.1) is 6.54 Å². The zero-order valence-corrected chi connectivity index (χ0v) is 18.3. The molecule has 0 radical (unpaired) electrons. The summed E-state index contributed by atoms with van der Waals surface area (Å²) < 4.78 is 5.63. The summed E-state index contributed by atoms with van der Waals surface area (Å²) in [7, 11) is 0. The van der Waals surface area contributed by atoms with Gasteiger partial charge in [-0.2, -0.15) is 0 Å². The van der Waals surface area contributed by atoms with E-state index in [4.69, 9.17) is 9.41 Å². The van der Waals surface area contributed by atoms with Gasteiger partial charge >= 0.3 is 0 Å². The van der Waals surface area contributed by atoms with E-state index in [0.29, 0.717) is 17.9 Å². The fraction of sp³-hybridized carbons (Fsp3) is 0.524. The van der Waals surface area contributed by atoms with Crippen LogP contribution in [-0.2, 0) is 6.54 Å². The van der Waals surface area contributed by atoms with Crippen molar-refractivity contribution in [3.05, 3.63) is 42.3 Å². The maximum atomic E-state index is 5.63. The molecule has 0 unspecified atom stereocenters. The lowest BCUT2D eigenvalue weighted by Gasteiger charge is -2.25. The number of aromatic nitrogens is 1. The molecule has 2 aromatic rings. The van der Waals surface area contributed by atoms with Gasteiger partial charge in [0.25, 0.3) is 0 Å². The van der Waals surface area contributed by atoms with Gasteiger partial charge in [-0.15, -0.1) is 24.0 Å². The summed E-state index contributed by atoms with van der Waals surface area (Å²) in [5.74, 6) is 1.67. The lowest BCUT2D eigenvalue weighted by Crippen LogP contribution is -2.41. The van der Waals surface area contributed by atoms with E-state index >= 15 is 0 Å². The topological polar surface area (TPSA) is 53.7 Å². The number of benzene rings is 1. The van der Waals surface area contributed by atoms with Crippen LogP contribution in [0, 0.1) is 5.41 Å². The monoisotopic (exact) mass is 480 g/mol. The normalized spacial score (nSPS) is 18.7. The minimum Gasteiger partial charge on any atom is -0.444 e. The van der Waals surface area contributed by atoms with E-state index in [1.165, 1.54) is 32.1 Å². The summed E-state index contributed by atoms with van der Waals surface area (Å²) in [5.41, 5.74) is 2.41. The Balaban J connectivity index is 0.00000210. The second kappa shape index (κ2) is 9.08. The Hall–Kier alpha value is -1.57. The summed E-state index contributed by atoms with van der Waals surface area (Å²) >= 11 is 0. The van der Waals surface area contributed by atoms with Crippen molar-refractivity contribution in [2.75, 3.05) is 19.6 Å². The zero-order valence-electron chi connectivity index (χ0n) is 16.0. The Morgan fingerprint density at radius 1 is 1.22 bits per heavy atom. The quantitative estimate of drug-likeness (QED) is 0.392. The van der Waals surface area contributed by atoms with Gasteiger partial charge in [0.1, 0.15) is 12.0 Å². The molecule has 1 aromatic heterocycles. The SMILES string of the molecule is CCNC(=NCc1coc(-c2ccccc2)n1)N1CCC2(CCCC2)C1.I. The van der Waals surface area contributed by atoms with Crippen LogP contribution in [-0.4, -0.2) is 35.5 Å². The summed E-state index contributed by atoms with van der Waals surface area (Å²) in [5, 5.41) is 3.46. The van der Waals surface area contributed by atoms with Crippen LogP contribution in [0.15, 0.2) is 46.0 Å². The molecule has 1 aliphatic carbocycles. The van der Waals surface area contributed by atoms with Crippen LogP contribution in [0.25, 0.3) is 11.5 Å². The fourth-order valence-electron chi connectivity index (χ4n) is 4.32. The molecule has 0 amide bonds. The molecule has 1 spiro atoms. The van der Waals surface area contributed by atoms with Gasteiger partial charge in [-0.3, -0.25) is 0 Å². The van der Waals surface area contributed by atoms with E-state index in [-0.39, 0.29) is 24.0 Å². The molecule has 2 heterocycles. The fourth-order valence-corrected chi connectivity index (χ4v) is 4.32. The van der Waals surface area contributed by atoms with Crippen LogP contribution in [0.2, 0.25) is 0 Å². The van der Waals surface area contributed by atoms with E-state index in [9.17, 15) is 0 Å². The Bertz CT molecular complexity index is 753. The molecule has 2 aliphatic rings. The van der Waals surface area contributed by atoms with Crippen molar-refractivity contribution in [2.45, 2.75) is 45.6 Å². The van der Waals surface area contributed by atoms with Gasteiger partial charge in [-0.05, 0) is 43.7 Å². The van der Waals surface area contributed by atoms with E-state index in [0.717, 1.165) is 36.9 Å². The number of oxazole rings is 1. The molecule has 146 valence electrons. The number of nitrogens with one attached hydrogen (secondary N) is 1. The Morgan fingerprint density at radius 3 is 2.74 bits per heavy atom. The molecule has 4 rings (SSSR count). The van der Waals surface area contributed by atoms with Crippen molar-refractivity contribution in [1.29, 1.82) is 0 Å². The minimum atomic E-state index is 0. The van der Waals surface area contributed by atoms with Gasteiger partial charge in [0, 0.05) is 25.2 Å². The molecule has 6 heteroatoms. The van der Waals surface area contributed by atoms with Gasteiger partial charge in [0.2, 0.25) is 5.89 Å². The molecule has 1 N–H and O–H groups in total. The largest absolute Gasteiger partial charge is 0.444 e. The van der Waals surface area contributed by atoms with Gasteiger partial charge < -0.3 is 14.6 Å². The summed E-state index contributed by atoms with van der Waals surface area (Å²) in [4.78, 5) is 11.9. The molecule has 0 bridgehead atoms. The number of hydrogen-bond acceptors (Lipinski definition) is 3. The van der Waals surface area contributed by atoms with Gasteiger partial charge in [-0.25, -0.2) is 9.98 Å². The van der Waals surface area contributed by atoms with Crippen molar-refractivity contribution in [3.63, 3.8) is 0 Å². The van der Waals surface area contributed by atoms with Gasteiger partial charge in [-0.1, -0.05) is 31.0 Å². The van der Waals surface area contributed by atoms with Crippen molar-refractivity contribution >= 4 is 29.9 Å². The third kappa shape index (κ3) is 4.65. The average molecular weight is 480 g/mol. The first kappa shape index (κ1) is 20.2. The predicted molar refractivity (Wildman–Crippen MR) is 119 cm³/mol. The highest BCUT2D eigenvalue weighted by Crippen LogP contribution is 2.45. The third-order valence-electron chi connectivity index (χ3n) is 5.70. The molecular formula is C21H29IN4O. The molecule has 1 saturated carbocycles. The van der Waals surface area contributed by atoms with Crippen LogP contribution < -0.4 is 5.32 Å². The highest BCUT2D eigenvalue weighted by Gasteiger charge is 2.41. The molecule has 27 heavy (non-hydrogen) atoms. The minimum absolute atomic E-state index is 0. The Morgan fingerprint density at radius 2 is 2.00 bits per heavy atom. The average Bonchev–Trinajstić information content (AvgIpc) is 3.42. The van der Waals surface area contributed by atoms with Crippen LogP contribution >= 0.6 is 24.0 Å². The summed E-state index contributed by atoms with van der Waals surface area (Å²) in [6.07, 6.45) is 8.57. The molecule has 5 nitrogen and oxygen atoms in total. The predicted octanol–water partition coefficient (Wildman–Crippen LogP) is 4.69. The van der Waals surface area contributed by atoms with Crippen LogP contribution in [0.1, 0.15) is 44.7 Å². The van der Waals surface area contributed by atoms with Crippen molar-refractivity contribution in [1.82, 2.24) is 15.2 Å². The van der Waals surface area contributed by atoms with Crippen molar-refractivity contribution in [2.24, 2.45) is 10.4 Å². The van der Waals surface area contributed by atoms with Crippen LogP contribution in [0.3, 0.4) is 0 Å². The lowest BCUT2D eigenvalue weighted by atomic mass is 9.86. The maximum Gasteiger partial charge on any atom is 0.226 e. The number of aliphatic imine (C=N–C) groups is 1. The lowest BCUT2D eigenvalue weighted by molar-refractivity contribution is 0.309. The van der Waals surface area contributed by atoms with Crippen molar-refractivity contribution in [3.8, 4) is 11.5 Å². The molecular weight excluding hydrogens is 451 g/mol. The smallest absolute Gasteiger partial charge is 0.226 e. The van der Waals surface area contributed by atoms with Crippen molar-refractivity contribution < 1.29 is 4.42 Å². The number of likely N-dealkylation sites (tertiary alicyclic amines) is 1. The Labute approximate surface area is 178 Å². The highest BCUT2D eigenvalue weighted by atomic mass is 127. The second-order valence-electron chi connectivity index (χ2n) is 7.56. The number of nitrogens with zero attached hydrogens (tertiary/aromatic N) is 3. The third-order valence-corrected chi connectivity index (χ3v) is 5.70. The van der Waals surface area contributed by atoms with Gasteiger partial charge in [0.15, 0.2) is 5.96 Å². The number of hydrogen-bond donors (Lipinski definition) is 1. The van der Waals surface area contributed by atoms with E-state index in [1.807, 2.05) is 30.3 Å². The Kier molecular flexibility index (Phi) is 6.78. The molecule has 1 saturated heterocycles. The summed E-state index contributed by atoms with van der Waals surface area (Å²) in [6, 6.07) is 10.00. The van der Waals surface area contributed by atoms with E-state index < -0.39 is 0 Å². The second-order valence-corrected chi connectivity index (χ2v) is 7.56.